The largest absolute Gasteiger partial charge is 0.493 e. The van der Waals surface area contributed by atoms with Crippen LogP contribution in [-0.2, 0) is 29.0 Å². The van der Waals surface area contributed by atoms with E-state index in [2.05, 4.69) is 11.4 Å². The van der Waals surface area contributed by atoms with E-state index in [-0.39, 0.29) is 17.8 Å². The topological polar surface area (TPSA) is 66.0 Å². The smallest absolute Gasteiger partial charge is 0.309 e. The Morgan fingerprint density at radius 2 is 1.56 bits per heavy atom. The van der Waals surface area contributed by atoms with Crippen molar-refractivity contribution in [1.82, 2.24) is 0 Å². The summed E-state index contributed by atoms with van der Waals surface area (Å²) in [6.45, 7) is 0.923. The summed E-state index contributed by atoms with van der Waals surface area (Å²) in [6.07, 6.45) is 1.35. The first-order valence-electron chi connectivity index (χ1n) is 11.5. The first kappa shape index (κ1) is 23.5. The SMILES string of the molecule is CNc1cc(C[C@H]2C(=O)OC[C@@H]2Cc2ccc(OC)c(OC)c2)ccc1OCc1ccccc1. The highest BCUT2D eigenvalue weighted by atomic mass is 16.5. The van der Waals surface area contributed by atoms with Crippen molar-refractivity contribution in [2.75, 3.05) is 33.2 Å². The normalized spacial score (nSPS) is 17.2. The fourth-order valence-electron chi connectivity index (χ4n) is 4.38. The molecule has 4 rings (SSSR count). The van der Waals surface area contributed by atoms with Crippen LogP contribution in [0.4, 0.5) is 5.69 Å². The van der Waals surface area contributed by atoms with E-state index in [1.54, 1.807) is 14.2 Å². The zero-order valence-electron chi connectivity index (χ0n) is 19.9. The zero-order chi connectivity index (χ0) is 23.9. The highest BCUT2D eigenvalue weighted by Crippen LogP contribution is 2.34. The second kappa shape index (κ2) is 11.0. The van der Waals surface area contributed by atoms with Crippen LogP contribution in [0.25, 0.3) is 0 Å². The Labute approximate surface area is 200 Å². The number of carbonyl (C=O) groups excluding carboxylic acids is 1. The monoisotopic (exact) mass is 461 g/mol. The van der Waals surface area contributed by atoms with E-state index < -0.39 is 0 Å². The second-order valence-corrected chi connectivity index (χ2v) is 8.45. The molecule has 0 spiro atoms. The van der Waals surface area contributed by atoms with E-state index in [4.69, 9.17) is 18.9 Å². The zero-order valence-corrected chi connectivity index (χ0v) is 19.9. The van der Waals surface area contributed by atoms with Crippen molar-refractivity contribution in [2.24, 2.45) is 11.8 Å². The van der Waals surface area contributed by atoms with Crippen LogP contribution in [0.5, 0.6) is 17.2 Å². The molecule has 0 bridgehead atoms. The number of nitrogens with one attached hydrogen (secondary N) is 1. The van der Waals surface area contributed by atoms with Crippen molar-refractivity contribution < 1.29 is 23.7 Å². The van der Waals surface area contributed by atoms with Crippen LogP contribution in [0.2, 0.25) is 0 Å². The van der Waals surface area contributed by atoms with E-state index in [9.17, 15) is 4.79 Å². The van der Waals surface area contributed by atoms with Crippen molar-refractivity contribution in [1.29, 1.82) is 0 Å². The van der Waals surface area contributed by atoms with Crippen LogP contribution >= 0.6 is 0 Å². The molecule has 3 aromatic rings. The van der Waals surface area contributed by atoms with E-state index in [0.29, 0.717) is 31.1 Å². The van der Waals surface area contributed by atoms with E-state index in [1.165, 1.54) is 0 Å². The van der Waals surface area contributed by atoms with Gasteiger partial charge in [-0.25, -0.2) is 0 Å². The molecule has 0 amide bonds. The number of cyclic esters (lactones) is 1. The first-order valence-corrected chi connectivity index (χ1v) is 11.5. The summed E-state index contributed by atoms with van der Waals surface area (Å²) >= 11 is 0. The standard InChI is InChI=1S/C28H31NO5/c1-29-24-15-21(9-11-25(24)33-17-19-7-5-4-6-8-19)14-23-22(18-34-28(23)30)13-20-10-12-26(31-2)27(16-20)32-3/h4-12,15-16,22-23,29H,13-14,17-18H2,1-3H3/t22-,23+/m0/s1. The van der Waals surface area contributed by atoms with Gasteiger partial charge in [0.2, 0.25) is 0 Å². The minimum absolute atomic E-state index is 0.0950. The Morgan fingerprint density at radius 3 is 2.26 bits per heavy atom. The lowest BCUT2D eigenvalue weighted by Gasteiger charge is -2.18. The minimum Gasteiger partial charge on any atom is -0.493 e. The van der Waals surface area contributed by atoms with Gasteiger partial charge < -0.3 is 24.3 Å². The molecule has 3 aromatic carbocycles. The second-order valence-electron chi connectivity index (χ2n) is 8.45. The van der Waals surface area contributed by atoms with Gasteiger partial charge in [-0.15, -0.1) is 0 Å². The average molecular weight is 462 g/mol. The molecule has 0 saturated carbocycles. The number of anilines is 1. The summed E-state index contributed by atoms with van der Waals surface area (Å²) in [4.78, 5) is 12.6. The number of hydrogen-bond donors (Lipinski definition) is 1. The molecule has 34 heavy (non-hydrogen) atoms. The van der Waals surface area contributed by atoms with Gasteiger partial charge in [0, 0.05) is 13.0 Å². The van der Waals surface area contributed by atoms with Gasteiger partial charge in [-0.3, -0.25) is 4.79 Å². The van der Waals surface area contributed by atoms with Crippen LogP contribution in [0.1, 0.15) is 16.7 Å². The molecule has 0 aliphatic carbocycles. The maximum absolute atomic E-state index is 12.6. The van der Waals surface area contributed by atoms with Crippen LogP contribution in [0, 0.1) is 11.8 Å². The lowest BCUT2D eigenvalue weighted by Crippen LogP contribution is -2.20. The van der Waals surface area contributed by atoms with Gasteiger partial charge in [-0.05, 0) is 53.8 Å². The van der Waals surface area contributed by atoms with Gasteiger partial charge in [0.15, 0.2) is 11.5 Å². The number of ether oxygens (including phenoxy) is 4. The number of methoxy groups -OCH3 is 2. The predicted molar refractivity (Wildman–Crippen MR) is 132 cm³/mol. The number of rotatable bonds is 10. The first-order chi connectivity index (χ1) is 16.6. The summed E-state index contributed by atoms with van der Waals surface area (Å²) in [7, 11) is 5.12. The molecule has 1 N–H and O–H groups in total. The average Bonchev–Trinajstić information content (AvgIpc) is 3.22. The molecule has 1 aliphatic heterocycles. The van der Waals surface area contributed by atoms with Gasteiger partial charge in [0.1, 0.15) is 12.4 Å². The number of hydrogen-bond acceptors (Lipinski definition) is 6. The Hall–Kier alpha value is -3.67. The Balaban J connectivity index is 1.45. The lowest BCUT2D eigenvalue weighted by atomic mass is 9.85. The van der Waals surface area contributed by atoms with Crippen molar-refractivity contribution in [2.45, 2.75) is 19.4 Å². The summed E-state index contributed by atoms with van der Waals surface area (Å²) < 4.78 is 22.2. The molecule has 0 aromatic heterocycles. The highest BCUT2D eigenvalue weighted by Gasteiger charge is 2.37. The maximum atomic E-state index is 12.6. The summed E-state index contributed by atoms with van der Waals surface area (Å²) in [6, 6.07) is 22.0. The van der Waals surface area contributed by atoms with Crippen molar-refractivity contribution in [3.05, 3.63) is 83.4 Å². The molecule has 1 heterocycles. The Morgan fingerprint density at radius 1 is 0.853 bits per heavy atom. The fraction of sp³-hybridized carbons (Fsp3) is 0.321. The van der Waals surface area contributed by atoms with Crippen LogP contribution < -0.4 is 19.5 Å². The molecule has 6 nitrogen and oxygen atoms in total. The number of carbonyl (C=O) groups is 1. The van der Waals surface area contributed by atoms with E-state index >= 15 is 0 Å². The molecule has 1 fully saturated rings. The molecular formula is C28H31NO5. The summed E-state index contributed by atoms with van der Waals surface area (Å²) in [5.74, 6) is 1.92. The van der Waals surface area contributed by atoms with Gasteiger partial charge >= 0.3 is 5.97 Å². The quantitative estimate of drug-likeness (QED) is 0.433. The Kier molecular flexibility index (Phi) is 7.58. The third kappa shape index (κ3) is 5.45. The lowest BCUT2D eigenvalue weighted by molar-refractivity contribution is -0.141. The molecule has 0 unspecified atom stereocenters. The molecule has 0 radical (unpaired) electrons. The maximum Gasteiger partial charge on any atom is 0.309 e. The third-order valence-corrected chi connectivity index (χ3v) is 6.26. The van der Waals surface area contributed by atoms with Crippen LogP contribution in [-0.4, -0.2) is 33.8 Å². The molecule has 178 valence electrons. The Bertz CT molecular complexity index is 1120. The van der Waals surface area contributed by atoms with E-state index in [1.807, 2.05) is 67.7 Å². The summed E-state index contributed by atoms with van der Waals surface area (Å²) in [5, 5.41) is 3.22. The van der Waals surface area contributed by atoms with Crippen LogP contribution in [0.15, 0.2) is 66.7 Å². The van der Waals surface area contributed by atoms with Crippen molar-refractivity contribution in [3.8, 4) is 17.2 Å². The summed E-state index contributed by atoms with van der Waals surface area (Å²) in [5.41, 5.74) is 4.17. The van der Waals surface area contributed by atoms with Crippen molar-refractivity contribution >= 4 is 11.7 Å². The fourth-order valence-corrected chi connectivity index (χ4v) is 4.38. The predicted octanol–water partition coefficient (Wildman–Crippen LogP) is 4.90. The molecule has 6 heteroatoms. The van der Waals surface area contributed by atoms with E-state index in [0.717, 1.165) is 34.5 Å². The van der Waals surface area contributed by atoms with Gasteiger partial charge in [-0.2, -0.15) is 0 Å². The number of esters is 1. The number of benzene rings is 3. The van der Waals surface area contributed by atoms with Gasteiger partial charge in [0.05, 0.1) is 32.4 Å². The van der Waals surface area contributed by atoms with Gasteiger partial charge in [-0.1, -0.05) is 42.5 Å². The molecule has 1 aliphatic rings. The molecule has 1 saturated heterocycles. The molecular weight excluding hydrogens is 430 g/mol. The van der Waals surface area contributed by atoms with Crippen molar-refractivity contribution in [3.63, 3.8) is 0 Å². The third-order valence-electron chi connectivity index (χ3n) is 6.26. The van der Waals surface area contributed by atoms with Gasteiger partial charge in [0.25, 0.3) is 0 Å². The van der Waals surface area contributed by atoms with Crippen LogP contribution in [0.3, 0.4) is 0 Å². The molecule has 2 atom stereocenters. The highest BCUT2D eigenvalue weighted by molar-refractivity contribution is 5.75. The minimum atomic E-state index is -0.200.